The Hall–Kier alpha value is -1.32. The van der Waals surface area contributed by atoms with Crippen LogP contribution in [0.5, 0.6) is 0 Å². The number of halogens is 1. The zero-order valence-electron chi connectivity index (χ0n) is 11.3. The van der Waals surface area contributed by atoms with Crippen LogP contribution < -0.4 is 5.32 Å². The number of benzene rings is 1. The van der Waals surface area contributed by atoms with Crippen LogP contribution in [0.25, 0.3) is 0 Å². The first-order valence-corrected chi connectivity index (χ1v) is 8.12. The standard InChI is InChI=1S/C16H16ClNOS/c1-10-8-20-9-13(10)16(17)12-5-6-14-11(7-12)3-2-4-15(19)18-14/h5-9,16H,2-4H2,1H3,(H,18,19). The Morgan fingerprint density at radius 1 is 1.30 bits per heavy atom. The molecule has 1 aliphatic rings. The highest BCUT2D eigenvalue weighted by Crippen LogP contribution is 2.35. The van der Waals surface area contributed by atoms with Gasteiger partial charge in [0.05, 0.1) is 5.38 Å². The molecule has 1 aliphatic heterocycles. The molecule has 3 rings (SSSR count). The second-order valence-electron chi connectivity index (χ2n) is 5.19. The maximum absolute atomic E-state index is 11.6. The summed E-state index contributed by atoms with van der Waals surface area (Å²) in [6.45, 7) is 2.09. The van der Waals surface area contributed by atoms with Crippen molar-refractivity contribution in [1.82, 2.24) is 0 Å². The monoisotopic (exact) mass is 305 g/mol. The maximum atomic E-state index is 11.6. The summed E-state index contributed by atoms with van der Waals surface area (Å²) in [5.74, 6) is 0.104. The molecule has 4 heteroatoms. The molecule has 0 aliphatic carbocycles. The van der Waals surface area contributed by atoms with Crippen molar-refractivity contribution in [3.63, 3.8) is 0 Å². The van der Waals surface area contributed by atoms with E-state index in [2.05, 4.69) is 29.1 Å². The summed E-state index contributed by atoms with van der Waals surface area (Å²) in [6.07, 6.45) is 2.42. The lowest BCUT2D eigenvalue weighted by molar-refractivity contribution is -0.116. The van der Waals surface area contributed by atoms with Gasteiger partial charge >= 0.3 is 0 Å². The third kappa shape index (κ3) is 2.60. The topological polar surface area (TPSA) is 29.1 Å². The normalized spacial score (nSPS) is 16.2. The van der Waals surface area contributed by atoms with Crippen LogP contribution in [0, 0.1) is 6.92 Å². The molecular formula is C16H16ClNOS. The van der Waals surface area contributed by atoms with Gasteiger partial charge in [-0.15, -0.1) is 11.6 Å². The largest absolute Gasteiger partial charge is 0.326 e. The molecule has 2 aromatic rings. The lowest BCUT2D eigenvalue weighted by atomic mass is 9.99. The molecule has 0 saturated carbocycles. The van der Waals surface area contributed by atoms with Gasteiger partial charge in [0.2, 0.25) is 5.91 Å². The average molecular weight is 306 g/mol. The smallest absolute Gasteiger partial charge is 0.224 e. The predicted octanol–water partition coefficient (Wildman–Crippen LogP) is 4.66. The summed E-state index contributed by atoms with van der Waals surface area (Å²) >= 11 is 8.29. The van der Waals surface area contributed by atoms with Crippen LogP contribution in [0.4, 0.5) is 5.69 Å². The number of fused-ring (bicyclic) bond motifs is 1. The van der Waals surface area contributed by atoms with Crippen molar-refractivity contribution in [3.05, 3.63) is 51.2 Å². The minimum atomic E-state index is -0.120. The molecule has 0 saturated heterocycles. The van der Waals surface area contributed by atoms with Crippen LogP contribution in [-0.2, 0) is 11.2 Å². The number of carbonyl (C=O) groups is 1. The summed E-state index contributed by atoms with van der Waals surface area (Å²) in [7, 11) is 0. The number of nitrogens with one attached hydrogen (secondary N) is 1. The molecular weight excluding hydrogens is 290 g/mol. The van der Waals surface area contributed by atoms with Crippen molar-refractivity contribution in [3.8, 4) is 0 Å². The van der Waals surface area contributed by atoms with Gasteiger partial charge in [0.15, 0.2) is 0 Å². The van der Waals surface area contributed by atoms with E-state index < -0.39 is 0 Å². The van der Waals surface area contributed by atoms with Gasteiger partial charge in [0, 0.05) is 12.1 Å². The van der Waals surface area contributed by atoms with E-state index in [1.165, 1.54) is 16.7 Å². The highest BCUT2D eigenvalue weighted by atomic mass is 35.5. The van der Waals surface area contributed by atoms with Gasteiger partial charge in [-0.1, -0.05) is 12.1 Å². The lowest BCUT2D eigenvalue weighted by Gasteiger charge is -2.14. The first-order valence-electron chi connectivity index (χ1n) is 6.74. The zero-order valence-corrected chi connectivity index (χ0v) is 12.9. The second-order valence-corrected chi connectivity index (χ2v) is 6.37. The first kappa shape index (κ1) is 13.7. The average Bonchev–Trinajstić information content (AvgIpc) is 2.76. The van der Waals surface area contributed by atoms with E-state index in [0.29, 0.717) is 6.42 Å². The van der Waals surface area contributed by atoms with Crippen LogP contribution in [0.1, 0.15) is 40.5 Å². The molecule has 2 heterocycles. The van der Waals surface area contributed by atoms with Crippen molar-refractivity contribution in [2.24, 2.45) is 0 Å². The molecule has 0 radical (unpaired) electrons. The van der Waals surface area contributed by atoms with E-state index >= 15 is 0 Å². The molecule has 1 N–H and O–H groups in total. The van der Waals surface area contributed by atoms with E-state index in [9.17, 15) is 4.79 Å². The Bertz CT molecular complexity index is 650. The highest BCUT2D eigenvalue weighted by Gasteiger charge is 2.18. The number of aryl methyl sites for hydroxylation is 2. The minimum absolute atomic E-state index is 0.104. The number of alkyl halides is 1. The van der Waals surface area contributed by atoms with Gasteiger partial charge in [-0.3, -0.25) is 4.79 Å². The van der Waals surface area contributed by atoms with E-state index in [4.69, 9.17) is 11.6 Å². The fraction of sp³-hybridized carbons (Fsp3) is 0.312. The van der Waals surface area contributed by atoms with E-state index in [-0.39, 0.29) is 11.3 Å². The number of carbonyl (C=O) groups excluding carboxylic acids is 1. The van der Waals surface area contributed by atoms with Crippen molar-refractivity contribution in [2.45, 2.75) is 31.6 Å². The third-order valence-electron chi connectivity index (χ3n) is 3.71. The number of anilines is 1. The molecule has 1 unspecified atom stereocenters. The molecule has 1 atom stereocenters. The predicted molar refractivity (Wildman–Crippen MR) is 84.8 cm³/mol. The summed E-state index contributed by atoms with van der Waals surface area (Å²) < 4.78 is 0. The van der Waals surface area contributed by atoms with Gasteiger partial charge in [0.25, 0.3) is 0 Å². The Kier molecular flexibility index (Phi) is 3.81. The van der Waals surface area contributed by atoms with Gasteiger partial charge in [-0.05, 0) is 58.8 Å². The Morgan fingerprint density at radius 2 is 2.15 bits per heavy atom. The number of hydrogen-bond donors (Lipinski definition) is 1. The summed E-state index contributed by atoms with van der Waals surface area (Å²) in [5.41, 5.74) is 5.63. The van der Waals surface area contributed by atoms with Crippen LogP contribution in [-0.4, -0.2) is 5.91 Å². The number of thiophene rings is 1. The number of amides is 1. The van der Waals surface area contributed by atoms with Gasteiger partial charge < -0.3 is 5.32 Å². The number of hydrogen-bond acceptors (Lipinski definition) is 2. The maximum Gasteiger partial charge on any atom is 0.224 e. The molecule has 1 aromatic carbocycles. The molecule has 104 valence electrons. The second kappa shape index (κ2) is 5.58. The van der Waals surface area contributed by atoms with Gasteiger partial charge in [-0.2, -0.15) is 11.3 Å². The minimum Gasteiger partial charge on any atom is -0.326 e. The Labute approximate surface area is 127 Å². The van der Waals surface area contributed by atoms with Crippen molar-refractivity contribution < 1.29 is 4.79 Å². The van der Waals surface area contributed by atoms with E-state index in [1.54, 1.807) is 11.3 Å². The Morgan fingerprint density at radius 3 is 2.90 bits per heavy atom. The molecule has 1 aromatic heterocycles. The highest BCUT2D eigenvalue weighted by molar-refractivity contribution is 7.08. The third-order valence-corrected chi connectivity index (χ3v) is 5.08. The molecule has 20 heavy (non-hydrogen) atoms. The van der Waals surface area contributed by atoms with Crippen LogP contribution in [0.3, 0.4) is 0 Å². The summed E-state index contributed by atoms with van der Waals surface area (Å²) in [5, 5.41) is 7.07. The van der Waals surface area contributed by atoms with Crippen molar-refractivity contribution in [1.29, 1.82) is 0 Å². The van der Waals surface area contributed by atoms with Crippen LogP contribution in [0.15, 0.2) is 29.0 Å². The van der Waals surface area contributed by atoms with Crippen LogP contribution >= 0.6 is 22.9 Å². The van der Waals surface area contributed by atoms with E-state index in [0.717, 1.165) is 24.1 Å². The van der Waals surface area contributed by atoms with Crippen molar-refractivity contribution >= 4 is 34.5 Å². The zero-order chi connectivity index (χ0) is 14.1. The molecule has 2 nitrogen and oxygen atoms in total. The molecule has 0 fully saturated rings. The van der Waals surface area contributed by atoms with Gasteiger partial charge in [0.1, 0.15) is 0 Å². The van der Waals surface area contributed by atoms with Crippen molar-refractivity contribution in [2.75, 3.05) is 5.32 Å². The molecule has 1 amide bonds. The SMILES string of the molecule is Cc1cscc1C(Cl)c1ccc2c(c1)CCCC(=O)N2. The molecule has 0 spiro atoms. The van der Waals surface area contributed by atoms with Gasteiger partial charge in [-0.25, -0.2) is 0 Å². The first-order chi connectivity index (χ1) is 9.65. The quantitative estimate of drug-likeness (QED) is 0.803. The fourth-order valence-electron chi connectivity index (χ4n) is 2.56. The summed E-state index contributed by atoms with van der Waals surface area (Å²) in [6, 6.07) is 6.12. The fourth-order valence-corrected chi connectivity index (χ4v) is 3.88. The number of rotatable bonds is 2. The van der Waals surface area contributed by atoms with E-state index in [1.807, 2.05) is 12.1 Å². The lowest BCUT2D eigenvalue weighted by Crippen LogP contribution is -2.09. The molecule has 0 bridgehead atoms. The Balaban J connectivity index is 1.94. The summed E-state index contributed by atoms with van der Waals surface area (Å²) in [4.78, 5) is 11.6. The van der Waals surface area contributed by atoms with Crippen LogP contribution in [0.2, 0.25) is 0 Å².